The molecule has 4 nitrogen and oxygen atoms in total. The molecule has 0 aromatic carbocycles. The lowest BCUT2D eigenvalue weighted by atomic mass is 10.3. The zero-order valence-corrected chi connectivity index (χ0v) is 6.56. The summed E-state index contributed by atoms with van der Waals surface area (Å²) in [5.74, 6) is 0. The molecule has 2 aromatic heterocycles. The number of aldehydes is 1. The largest absolute Gasteiger partial charge is 0.296 e. The van der Waals surface area contributed by atoms with Gasteiger partial charge in [0.05, 0.1) is 5.52 Å². The Hall–Kier alpha value is -1.71. The monoisotopic (exact) mass is 161 g/mol. The minimum atomic E-state index is 0.418. The summed E-state index contributed by atoms with van der Waals surface area (Å²) in [5, 5.41) is 5.09. The first-order chi connectivity index (χ1) is 5.79. The van der Waals surface area contributed by atoms with E-state index in [1.807, 2.05) is 13.2 Å². The molecule has 2 heterocycles. The fourth-order valence-electron chi connectivity index (χ4n) is 1.12. The lowest BCUT2D eigenvalue weighted by Crippen LogP contribution is -1.86. The Kier molecular flexibility index (Phi) is 1.40. The first-order valence-corrected chi connectivity index (χ1v) is 3.54. The SMILES string of the molecule is Cn1cc2cnc(C=O)cc2n1. The molecule has 0 saturated carbocycles. The number of hydrogen-bond donors (Lipinski definition) is 0. The van der Waals surface area contributed by atoms with Crippen molar-refractivity contribution in [2.45, 2.75) is 0 Å². The van der Waals surface area contributed by atoms with Crippen molar-refractivity contribution in [1.29, 1.82) is 0 Å². The molecule has 0 N–H and O–H groups in total. The van der Waals surface area contributed by atoms with Gasteiger partial charge in [0.15, 0.2) is 6.29 Å². The molecule has 0 saturated heterocycles. The molecular weight excluding hydrogens is 154 g/mol. The topological polar surface area (TPSA) is 47.8 Å². The van der Waals surface area contributed by atoms with E-state index < -0.39 is 0 Å². The van der Waals surface area contributed by atoms with Gasteiger partial charge < -0.3 is 0 Å². The van der Waals surface area contributed by atoms with Crippen molar-refractivity contribution in [3.8, 4) is 0 Å². The van der Waals surface area contributed by atoms with Gasteiger partial charge in [0.2, 0.25) is 0 Å². The second-order valence-corrected chi connectivity index (χ2v) is 2.59. The van der Waals surface area contributed by atoms with Crippen LogP contribution in [0, 0.1) is 0 Å². The van der Waals surface area contributed by atoms with Gasteiger partial charge in [-0.1, -0.05) is 0 Å². The first-order valence-electron chi connectivity index (χ1n) is 3.54. The van der Waals surface area contributed by atoms with Crippen LogP contribution < -0.4 is 0 Å². The molecule has 0 amide bonds. The predicted octanol–water partition coefficient (Wildman–Crippen LogP) is 0.781. The summed E-state index contributed by atoms with van der Waals surface area (Å²) in [6, 6.07) is 1.67. The molecule has 0 unspecified atom stereocenters. The Morgan fingerprint density at radius 2 is 2.42 bits per heavy atom. The molecule has 60 valence electrons. The summed E-state index contributed by atoms with van der Waals surface area (Å²) in [7, 11) is 1.83. The number of rotatable bonds is 1. The van der Waals surface area contributed by atoms with E-state index in [-0.39, 0.29) is 0 Å². The Bertz CT molecular complexity index is 433. The summed E-state index contributed by atoms with van der Waals surface area (Å²) >= 11 is 0. The average molecular weight is 161 g/mol. The Morgan fingerprint density at radius 3 is 3.17 bits per heavy atom. The van der Waals surface area contributed by atoms with Gasteiger partial charge in [-0.25, -0.2) is 0 Å². The van der Waals surface area contributed by atoms with Crippen LogP contribution in [0.2, 0.25) is 0 Å². The van der Waals surface area contributed by atoms with Gasteiger partial charge in [-0.2, -0.15) is 5.10 Å². The van der Waals surface area contributed by atoms with Gasteiger partial charge in [-0.05, 0) is 6.07 Å². The maximum atomic E-state index is 10.4. The number of carbonyl (C=O) groups is 1. The molecule has 0 fully saturated rings. The van der Waals surface area contributed by atoms with E-state index in [1.165, 1.54) is 0 Å². The van der Waals surface area contributed by atoms with Crippen molar-refractivity contribution in [2.24, 2.45) is 7.05 Å². The Balaban J connectivity index is 2.74. The summed E-state index contributed by atoms with van der Waals surface area (Å²) in [6.07, 6.45) is 4.22. The highest BCUT2D eigenvalue weighted by Gasteiger charge is 1.99. The van der Waals surface area contributed by atoms with Crippen molar-refractivity contribution in [1.82, 2.24) is 14.8 Å². The number of fused-ring (bicyclic) bond motifs is 1. The molecule has 0 aliphatic carbocycles. The normalized spacial score (nSPS) is 10.4. The van der Waals surface area contributed by atoms with Crippen molar-refractivity contribution < 1.29 is 4.79 Å². The van der Waals surface area contributed by atoms with Gasteiger partial charge in [-0.15, -0.1) is 0 Å². The fraction of sp³-hybridized carbons (Fsp3) is 0.125. The molecule has 0 radical (unpaired) electrons. The average Bonchev–Trinajstić information content (AvgIpc) is 2.43. The van der Waals surface area contributed by atoms with Gasteiger partial charge in [-0.3, -0.25) is 14.5 Å². The number of pyridine rings is 1. The second-order valence-electron chi connectivity index (χ2n) is 2.59. The molecule has 2 aromatic rings. The van der Waals surface area contributed by atoms with Crippen LogP contribution in [0.5, 0.6) is 0 Å². The van der Waals surface area contributed by atoms with E-state index in [4.69, 9.17) is 0 Å². The second kappa shape index (κ2) is 2.41. The standard InChI is InChI=1S/C8H7N3O/c1-11-4-6-3-9-7(5-12)2-8(6)10-11/h2-5H,1H3. The van der Waals surface area contributed by atoms with Crippen LogP contribution in [0.4, 0.5) is 0 Å². The number of aromatic nitrogens is 3. The summed E-state index contributed by atoms with van der Waals surface area (Å²) in [5.41, 5.74) is 1.22. The predicted molar refractivity (Wildman–Crippen MR) is 43.9 cm³/mol. The highest BCUT2D eigenvalue weighted by Crippen LogP contribution is 2.09. The summed E-state index contributed by atoms with van der Waals surface area (Å²) in [4.78, 5) is 14.3. The van der Waals surface area contributed by atoms with E-state index in [1.54, 1.807) is 16.9 Å². The third-order valence-corrected chi connectivity index (χ3v) is 1.65. The molecule has 0 atom stereocenters. The van der Waals surface area contributed by atoms with Crippen molar-refractivity contribution in [2.75, 3.05) is 0 Å². The van der Waals surface area contributed by atoms with Crippen LogP contribution in [0.3, 0.4) is 0 Å². The van der Waals surface area contributed by atoms with Crippen LogP contribution in [0.1, 0.15) is 10.5 Å². The molecular formula is C8H7N3O. The minimum Gasteiger partial charge on any atom is -0.296 e. The maximum absolute atomic E-state index is 10.4. The molecule has 0 aliphatic heterocycles. The third-order valence-electron chi connectivity index (χ3n) is 1.65. The van der Waals surface area contributed by atoms with Crippen LogP contribution in [-0.4, -0.2) is 21.1 Å². The number of aryl methyl sites for hydroxylation is 1. The summed E-state index contributed by atoms with van der Waals surface area (Å²) < 4.78 is 1.70. The molecule has 0 aliphatic rings. The molecule has 0 spiro atoms. The van der Waals surface area contributed by atoms with Gasteiger partial charge in [0, 0.05) is 24.8 Å². The Morgan fingerprint density at radius 1 is 1.58 bits per heavy atom. The quantitative estimate of drug-likeness (QED) is 0.580. The van der Waals surface area contributed by atoms with Gasteiger partial charge >= 0.3 is 0 Å². The van der Waals surface area contributed by atoms with Crippen LogP contribution in [0.15, 0.2) is 18.5 Å². The van der Waals surface area contributed by atoms with E-state index in [9.17, 15) is 4.79 Å². The third kappa shape index (κ3) is 0.972. The smallest absolute Gasteiger partial charge is 0.168 e. The van der Waals surface area contributed by atoms with E-state index in [0.29, 0.717) is 12.0 Å². The zero-order chi connectivity index (χ0) is 8.55. The Labute approximate surface area is 68.8 Å². The first kappa shape index (κ1) is 6.97. The van der Waals surface area contributed by atoms with Crippen molar-refractivity contribution in [3.05, 3.63) is 24.2 Å². The van der Waals surface area contributed by atoms with Gasteiger partial charge in [0.1, 0.15) is 5.69 Å². The number of carbonyl (C=O) groups excluding carboxylic acids is 1. The van der Waals surface area contributed by atoms with E-state index in [2.05, 4.69) is 10.1 Å². The highest BCUT2D eigenvalue weighted by molar-refractivity contribution is 5.83. The van der Waals surface area contributed by atoms with E-state index >= 15 is 0 Å². The maximum Gasteiger partial charge on any atom is 0.168 e. The van der Waals surface area contributed by atoms with Crippen LogP contribution >= 0.6 is 0 Å². The molecule has 2 rings (SSSR count). The fourth-order valence-corrected chi connectivity index (χ4v) is 1.12. The molecule has 12 heavy (non-hydrogen) atoms. The van der Waals surface area contributed by atoms with E-state index in [0.717, 1.165) is 10.9 Å². The number of nitrogens with zero attached hydrogens (tertiary/aromatic N) is 3. The number of hydrogen-bond acceptors (Lipinski definition) is 3. The summed E-state index contributed by atoms with van der Waals surface area (Å²) in [6.45, 7) is 0. The molecule has 4 heteroatoms. The van der Waals surface area contributed by atoms with Crippen LogP contribution in [0.25, 0.3) is 10.9 Å². The lowest BCUT2D eigenvalue weighted by molar-refractivity contribution is 0.111. The van der Waals surface area contributed by atoms with Crippen molar-refractivity contribution in [3.63, 3.8) is 0 Å². The minimum absolute atomic E-state index is 0.418. The highest BCUT2D eigenvalue weighted by atomic mass is 16.1. The lowest BCUT2D eigenvalue weighted by Gasteiger charge is -1.87. The molecule has 0 bridgehead atoms. The van der Waals surface area contributed by atoms with Gasteiger partial charge in [0.25, 0.3) is 0 Å². The van der Waals surface area contributed by atoms with Crippen molar-refractivity contribution >= 4 is 17.2 Å². The van der Waals surface area contributed by atoms with Crippen LogP contribution in [-0.2, 0) is 7.05 Å². The zero-order valence-electron chi connectivity index (χ0n) is 6.56.